The van der Waals surface area contributed by atoms with Crippen molar-refractivity contribution in [3.05, 3.63) is 65.5 Å². The molecule has 0 radical (unpaired) electrons. The summed E-state index contributed by atoms with van der Waals surface area (Å²) in [5, 5.41) is 2.40. The quantitative estimate of drug-likeness (QED) is 0.744. The van der Waals surface area contributed by atoms with Crippen LogP contribution >= 0.6 is 0 Å². The molecule has 1 atom stereocenters. The number of pyridine rings is 1. The monoisotopic (exact) mass is 460 g/mol. The third-order valence-electron chi connectivity index (χ3n) is 6.55. The van der Waals surface area contributed by atoms with Crippen molar-refractivity contribution in [3.63, 3.8) is 0 Å². The van der Waals surface area contributed by atoms with Crippen molar-refractivity contribution in [2.75, 3.05) is 32.7 Å². The molecule has 0 bridgehead atoms. The minimum Gasteiger partial charge on any atom is -0.342 e. The van der Waals surface area contributed by atoms with Gasteiger partial charge >= 0.3 is 6.18 Å². The molecule has 9 heteroatoms. The van der Waals surface area contributed by atoms with Gasteiger partial charge in [0.1, 0.15) is 5.69 Å². The first-order chi connectivity index (χ1) is 15.8. The van der Waals surface area contributed by atoms with Gasteiger partial charge < -0.3 is 10.2 Å². The third-order valence-corrected chi connectivity index (χ3v) is 6.55. The number of carbonyl (C=O) groups excluding carboxylic acids is 2. The van der Waals surface area contributed by atoms with E-state index in [1.165, 1.54) is 5.56 Å². The first-order valence-electron chi connectivity index (χ1n) is 11.2. The van der Waals surface area contributed by atoms with Crippen molar-refractivity contribution in [1.29, 1.82) is 0 Å². The summed E-state index contributed by atoms with van der Waals surface area (Å²) in [6, 6.07) is 12.3. The number of nitrogens with zero attached hydrogens (tertiary/aromatic N) is 3. The summed E-state index contributed by atoms with van der Waals surface area (Å²) in [6.07, 6.45) is -0.562. The molecule has 1 aromatic carbocycles. The largest absolute Gasteiger partial charge is 0.416 e. The Hall–Kier alpha value is -2.94. The zero-order valence-electron chi connectivity index (χ0n) is 18.2. The van der Waals surface area contributed by atoms with Gasteiger partial charge in [0, 0.05) is 25.3 Å². The van der Waals surface area contributed by atoms with Crippen LogP contribution in [0.5, 0.6) is 0 Å². The number of benzene rings is 1. The van der Waals surface area contributed by atoms with E-state index in [1.54, 1.807) is 4.90 Å². The van der Waals surface area contributed by atoms with Crippen LogP contribution in [0.4, 0.5) is 13.2 Å². The molecule has 2 amide bonds. The summed E-state index contributed by atoms with van der Waals surface area (Å²) >= 11 is 0. The fourth-order valence-electron chi connectivity index (χ4n) is 4.68. The molecule has 2 aliphatic rings. The fourth-order valence-corrected chi connectivity index (χ4v) is 4.68. The van der Waals surface area contributed by atoms with Gasteiger partial charge in [-0.1, -0.05) is 30.3 Å². The Bertz CT molecular complexity index is 975. The van der Waals surface area contributed by atoms with Gasteiger partial charge in [0.25, 0.3) is 5.91 Å². The number of aromatic nitrogens is 1. The summed E-state index contributed by atoms with van der Waals surface area (Å²) < 4.78 is 38.5. The van der Waals surface area contributed by atoms with E-state index < -0.39 is 17.6 Å². The van der Waals surface area contributed by atoms with Gasteiger partial charge in [-0.25, -0.2) is 0 Å². The van der Waals surface area contributed by atoms with E-state index in [2.05, 4.69) is 39.5 Å². The van der Waals surface area contributed by atoms with Crippen LogP contribution < -0.4 is 5.32 Å². The molecule has 2 aromatic rings. The van der Waals surface area contributed by atoms with Crippen LogP contribution in [0.2, 0.25) is 0 Å². The Morgan fingerprint density at radius 2 is 1.76 bits per heavy atom. The van der Waals surface area contributed by atoms with Crippen LogP contribution in [0.1, 0.15) is 46.8 Å². The summed E-state index contributed by atoms with van der Waals surface area (Å²) in [5.74, 6) is -0.466. The number of piperidine rings is 1. The maximum atomic E-state index is 12.8. The molecule has 0 saturated carbocycles. The highest BCUT2D eigenvalue weighted by Gasteiger charge is 2.33. The summed E-state index contributed by atoms with van der Waals surface area (Å²) in [6.45, 7) is 2.93. The van der Waals surface area contributed by atoms with Crippen LogP contribution in [0.3, 0.4) is 0 Å². The molecular formula is C24H27F3N4O2. The Morgan fingerprint density at radius 1 is 1.03 bits per heavy atom. The minimum atomic E-state index is -4.56. The summed E-state index contributed by atoms with van der Waals surface area (Å²) in [5.41, 5.74) is 0.0667. The normalized spacial score (nSPS) is 20.1. The van der Waals surface area contributed by atoms with Crippen molar-refractivity contribution >= 4 is 11.8 Å². The lowest BCUT2D eigenvalue weighted by atomic mass is 9.89. The van der Waals surface area contributed by atoms with Crippen molar-refractivity contribution in [3.8, 4) is 0 Å². The lowest BCUT2D eigenvalue weighted by Crippen LogP contribution is -2.44. The summed E-state index contributed by atoms with van der Waals surface area (Å²) in [7, 11) is 0. The zero-order valence-corrected chi connectivity index (χ0v) is 18.2. The minimum absolute atomic E-state index is 0.239. The Kier molecular flexibility index (Phi) is 6.97. The van der Waals surface area contributed by atoms with Gasteiger partial charge in [0.15, 0.2) is 0 Å². The number of nitrogens with one attached hydrogen (secondary N) is 1. The highest BCUT2D eigenvalue weighted by molar-refractivity contribution is 5.95. The molecule has 1 unspecified atom stereocenters. The number of carbonyl (C=O) groups is 2. The van der Waals surface area contributed by atoms with Gasteiger partial charge in [0.2, 0.25) is 5.91 Å². The third kappa shape index (κ3) is 5.71. The molecule has 6 nitrogen and oxygen atoms in total. The standard InChI is InChI=1S/C24H27F3N4O2/c25-24(26,27)19-6-10-28-21(14-19)23(33)29-15-22(32)31-13-9-20(16-31)30-11-7-18(8-12-30)17-4-2-1-3-5-17/h1-6,10,14,18,20H,7-9,11-13,15-16H2,(H,29,33). The lowest BCUT2D eigenvalue weighted by molar-refractivity contribution is -0.137. The average Bonchev–Trinajstić information content (AvgIpc) is 3.33. The van der Waals surface area contributed by atoms with Gasteiger partial charge in [-0.15, -0.1) is 0 Å². The van der Waals surface area contributed by atoms with E-state index >= 15 is 0 Å². The second-order valence-electron chi connectivity index (χ2n) is 8.61. The first-order valence-corrected chi connectivity index (χ1v) is 11.2. The second-order valence-corrected chi connectivity index (χ2v) is 8.61. The van der Waals surface area contributed by atoms with E-state index in [9.17, 15) is 22.8 Å². The molecule has 33 heavy (non-hydrogen) atoms. The summed E-state index contributed by atoms with van der Waals surface area (Å²) in [4.78, 5) is 32.6. The van der Waals surface area contributed by atoms with Crippen molar-refractivity contribution < 1.29 is 22.8 Å². The van der Waals surface area contributed by atoms with Crippen LogP contribution in [0.15, 0.2) is 48.7 Å². The molecule has 0 spiro atoms. The van der Waals surface area contributed by atoms with Crippen LogP contribution in [-0.2, 0) is 11.0 Å². The van der Waals surface area contributed by atoms with E-state index in [4.69, 9.17) is 0 Å². The smallest absolute Gasteiger partial charge is 0.342 e. The average molecular weight is 461 g/mol. The zero-order chi connectivity index (χ0) is 23.4. The predicted molar refractivity (Wildman–Crippen MR) is 117 cm³/mol. The molecule has 2 saturated heterocycles. The highest BCUT2D eigenvalue weighted by atomic mass is 19.4. The maximum absolute atomic E-state index is 12.8. The van der Waals surface area contributed by atoms with Crippen molar-refractivity contribution in [2.24, 2.45) is 0 Å². The maximum Gasteiger partial charge on any atom is 0.416 e. The number of hydrogen-bond donors (Lipinski definition) is 1. The van der Waals surface area contributed by atoms with Gasteiger partial charge in [-0.05, 0) is 56.0 Å². The topological polar surface area (TPSA) is 65.5 Å². The Labute approximate surface area is 190 Å². The molecular weight excluding hydrogens is 433 g/mol. The molecule has 1 N–H and O–H groups in total. The molecule has 176 valence electrons. The second kappa shape index (κ2) is 9.91. The number of likely N-dealkylation sites (tertiary alicyclic amines) is 2. The number of alkyl halides is 3. The number of rotatable bonds is 5. The molecule has 2 fully saturated rings. The van der Waals surface area contributed by atoms with Crippen LogP contribution in [-0.4, -0.2) is 65.4 Å². The van der Waals surface area contributed by atoms with Gasteiger partial charge in [-0.2, -0.15) is 13.2 Å². The van der Waals surface area contributed by atoms with E-state index in [-0.39, 0.29) is 18.1 Å². The molecule has 2 aliphatic heterocycles. The van der Waals surface area contributed by atoms with E-state index in [0.29, 0.717) is 31.1 Å². The van der Waals surface area contributed by atoms with Crippen molar-refractivity contribution in [2.45, 2.75) is 37.4 Å². The first kappa shape index (κ1) is 23.2. The highest BCUT2D eigenvalue weighted by Crippen LogP contribution is 2.30. The SMILES string of the molecule is O=C(NCC(=O)N1CCC(N2CCC(c3ccccc3)CC2)C1)c1cc(C(F)(F)F)ccn1. The number of amides is 2. The Balaban J connectivity index is 1.24. The Morgan fingerprint density at radius 3 is 2.45 bits per heavy atom. The van der Waals surface area contributed by atoms with Crippen molar-refractivity contribution in [1.82, 2.24) is 20.1 Å². The van der Waals surface area contributed by atoms with Gasteiger partial charge in [0.05, 0.1) is 12.1 Å². The molecule has 4 rings (SSSR count). The van der Waals surface area contributed by atoms with Gasteiger partial charge in [-0.3, -0.25) is 19.5 Å². The lowest BCUT2D eigenvalue weighted by Gasteiger charge is -2.36. The molecule has 0 aliphatic carbocycles. The molecule has 1 aromatic heterocycles. The predicted octanol–water partition coefficient (Wildman–Crippen LogP) is 3.31. The number of hydrogen-bond acceptors (Lipinski definition) is 4. The fraction of sp³-hybridized carbons (Fsp3) is 0.458. The number of halogens is 3. The van der Waals surface area contributed by atoms with E-state index in [1.807, 2.05) is 6.07 Å². The van der Waals surface area contributed by atoms with Crippen LogP contribution in [0, 0.1) is 0 Å². The molecule has 3 heterocycles. The van der Waals surface area contributed by atoms with E-state index in [0.717, 1.165) is 44.6 Å². The van der Waals surface area contributed by atoms with Crippen LogP contribution in [0.25, 0.3) is 0 Å².